The van der Waals surface area contributed by atoms with Crippen molar-refractivity contribution in [2.75, 3.05) is 19.3 Å². The van der Waals surface area contributed by atoms with Crippen LogP contribution in [0.1, 0.15) is 56.6 Å². The molecule has 6 heteroatoms. The van der Waals surface area contributed by atoms with Crippen molar-refractivity contribution in [3.63, 3.8) is 0 Å². The van der Waals surface area contributed by atoms with Crippen LogP contribution in [0.15, 0.2) is 60.4 Å². The van der Waals surface area contributed by atoms with E-state index < -0.39 is 10.0 Å². The fourth-order valence-corrected chi connectivity index (χ4v) is 6.42. The van der Waals surface area contributed by atoms with Gasteiger partial charge in [-0.15, -0.1) is 6.58 Å². The molecular formula is C27H37ClN2O2S. The highest BCUT2D eigenvalue weighted by molar-refractivity contribution is 7.88. The second kappa shape index (κ2) is 11.1. The standard InChI is InChI=1S/C27H37ClN2O2S/c1-5-19(2)8-9-22-17-23-18-24(28)10-11-26(23)27(20(3)25(22)7-6-14-29)21-12-15-30(16-13-21)33(4,31)32/h5-7,10-11,14,17-21,27H,1,8-9,12-13,15-16,29H2,2-4H3/b14-6-,25-7+. The SMILES string of the molecule is C=CC(C)CCC1=Cc2cc(Cl)ccc2C(C2CCN(S(C)(=O)=O)CC2)C(C)/C1=C\C=C/N. The Hall–Kier alpha value is -1.82. The van der Waals surface area contributed by atoms with Crippen LogP contribution in [0, 0.1) is 17.8 Å². The summed E-state index contributed by atoms with van der Waals surface area (Å²) in [6.45, 7) is 9.60. The minimum absolute atomic E-state index is 0.267. The van der Waals surface area contributed by atoms with Gasteiger partial charge in [0.1, 0.15) is 0 Å². The fourth-order valence-electron chi connectivity index (χ4n) is 5.36. The number of benzene rings is 1. The van der Waals surface area contributed by atoms with Gasteiger partial charge in [0.2, 0.25) is 10.0 Å². The molecule has 3 atom stereocenters. The maximum absolute atomic E-state index is 12.1. The summed E-state index contributed by atoms with van der Waals surface area (Å²) in [6, 6.07) is 6.22. The summed E-state index contributed by atoms with van der Waals surface area (Å²) in [5.74, 6) is 1.37. The summed E-state index contributed by atoms with van der Waals surface area (Å²) in [7, 11) is -3.15. The predicted octanol–water partition coefficient (Wildman–Crippen LogP) is 6.13. The zero-order valence-electron chi connectivity index (χ0n) is 20.0. The van der Waals surface area contributed by atoms with Gasteiger partial charge in [0.15, 0.2) is 0 Å². The van der Waals surface area contributed by atoms with Crippen LogP contribution in [-0.4, -0.2) is 32.1 Å². The third-order valence-corrected chi connectivity index (χ3v) is 8.81. The first-order chi connectivity index (χ1) is 15.7. The van der Waals surface area contributed by atoms with Crippen LogP contribution in [0.5, 0.6) is 0 Å². The monoisotopic (exact) mass is 488 g/mol. The second-order valence-corrected chi connectivity index (χ2v) is 11.9. The predicted molar refractivity (Wildman–Crippen MR) is 140 cm³/mol. The molecule has 1 heterocycles. The Balaban J connectivity index is 2.03. The van der Waals surface area contributed by atoms with Gasteiger partial charge >= 0.3 is 0 Å². The average Bonchev–Trinajstić information content (AvgIpc) is 2.89. The van der Waals surface area contributed by atoms with Crippen LogP contribution in [0.4, 0.5) is 0 Å². The molecule has 1 aromatic carbocycles. The molecule has 1 aliphatic carbocycles. The first kappa shape index (κ1) is 25.8. The van der Waals surface area contributed by atoms with Crippen LogP contribution in [0.2, 0.25) is 5.02 Å². The third kappa shape index (κ3) is 6.20. The maximum atomic E-state index is 12.1. The summed E-state index contributed by atoms with van der Waals surface area (Å²) in [5.41, 5.74) is 10.8. The van der Waals surface area contributed by atoms with Gasteiger partial charge in [0, 0.05) is 18.1 Å². The highest BCUT2D eigenvalue weighted by Crippen LogP contribution is 2.48. The van der Waals surface area contributed by atoms with Gasteiger partial charge in [0.25, 0.3) is 0 Å². The quantitative estimate of drug-likeness (QED) is 0.469. The number of nitrogens with zero attached hydrogens (tertiary/aromatic N) is 1. The molecule has 0 bridgehead atoms. The van der Waals surface area contributed by atoms with E-state index in [-0.39, 0.29) is 11.8 Å². The van der Waals surface area contributed by atoms with Gasteiger partial charge in [-0.25, -0.2) is 12.7 Å². The van der Waals surface area contributed by atoms with Crippen LogP contribution in [0.25, 0.3) is 6.08 Å². The normalized spacial score (nSPS) is 25.0. The lowest BCUT2D eigenvalue weighted by Crippen LogP contribution is -2.40. The van der Waals surface area contributed by atoms with Crippen LogP contribution >= 0.6 is 11.6 Å². The van der Waals surface area contributed by atoms with Crippen molar-refractivity contribution in [2.45, 2.75) is 45.4 Å². The van der Waals surface area contributed by atoms with Gasteiger partial charge in [-0.2, -0.15) is 0 Å². The molecule has 4 nitrogen and oxygen atoms in total. The average molecular weight is 489 g/mol. The number of sulfonamides is 1. The molecule has 1 saturated heterocycles. The summed E-state index contributed by atoms with van der Waals surface area (Å²) in [6.07, 6.45) is 15.0. The van der Waals surface area contributed by atoms with Crippen LogP contribution in [-0.2, 0) is 10.0 Å². The number of piperidine rings is 1. The molecule has 1 aromatic rings. The number of rotatable bonds is 7. The van der Waals surface area contributed by atoms with Crippen molar-refractivity contribution in [3.8, 4) is 0 Å². The topological polar surface area (TPSA) is 63.4 Å². The van der Waals surface area contributed by atoms with Crippen molar-refractivity contribution in [3.05, 3.63) is 76.5 Å². The summed E-state index contributed by atoms with van der Waals surface area (Å²) < 4.78 is 25.7. The number of allylic oxidation sites excluding steroid dienone is 5. The number of hydrogen-bond donors (Lipinski definition) is 1. The van der Waals surface area contributed by atoms with Crippen molar-refractivity contribution in [1.82, 2.24) is 4.31 Å². The molecule has 3 rings (SSSR count). The molecule has 0 aromatic heterocycles. The van der Waals surface area contributed by atoms with Gasteiger partial charge < -0.3 is 5.73 Å². The van der Waals surface area contributed by atoms with E-state index in [2.05, 4.69) is 44.7 Å². The second-order valence-electron chi connectivity index (χ2n) is 9.52. The molecule has 2 N–H and O–H groups in total. The first-order valence-electron chi connectivity index (χ1n) is 11.8. The number of nitrogens with two attached hydrogens (primary N) is 1. The number of fused-ring (bicyclic) bond motifs is 1. The van der Waals surface area contributed by atoms with Gasteiger partial charge in [-0.05, 0) is 96.0 Å². The lowest BCUT2D eigenvalue weighted by Gasteiger charge is -2.38. The molecule has 2 aliphatic rings. The minimum Gasteiger partial charge on any atom is -0.405 e. The molecule has 0 saturated carbocycles. The Morgan fingerprint density at radius 2 is 2.00 bits per heavy atom. The van der Waals surface area contributed by atoms with Gasteiger partial charge in [-0.1, -0.05) is 49.7 Å². The van der Waals surface area contributed by atoms with E-state index in [1.165, 1.54) is 28.5 Å². The van der Waals surface area contributed by atoms with E-state index in [4.69, 9.17) is 17.3 Å². The third-order valence-electron chi connectivity index (χ3n) is 7.27. The van der Waals surface area contributed by atoms with E-state index in [0.29, 0.717) is 24.9 Å². The highest BCUT2D eigenvalue weighted by Gasteiger charge is 2.37. The Bertz CT molecular complexity index is 1050. The number of halogens is 1. The fraction of sp³-hybridized carbons (Fsp3) is 0.481. The summed E-state index contributed by atoms with van der Waals surface area (Å²) in [4.78, 5) is 0. The Morgan fingerprint density at radius 1 is 1.30 bits per heavy atom. The highest BCUT2D eigenvalue weighted by atomic mass is 35.5. The minimum atomic E-state index is -3.15. The van der Waals surface area contributed by atoms with Crippen molar-refractivity contribution in [2.24, 2.45) is 23.5 Å². The summed E-state index contributed by atoms with van der Waals surface area (Å²) in [5, 5.41) is 0.733. The van der Waals surface area contributed by atoms with E-state index >= 15 is 0 Å². The molecule has 1 fully saturated rings. The van der Waals surface area contributed by atoms with Crippen molar-refractivity contribution < 1.29 is 8.42 Å². The maximum Gasteiger partial charge on any atom is 0.211 e. The summed E-state index contributed by atoms with van der Waals surface area (Å²) >= 11 is 6.43. The molecule has 3 unspecified atom stereocenters. The molecule has 0 amide bonds. The van der Waals surface area contributed by atoms with E-state index in [9.17, 15) is 8.42 Å². The van der Waals surface area contributed by atoms with E-state index in [1.807, 2.05) is 18.2 Å². The van der Waals surface area contributed by atoms with E-state index in [0.717, 1.165) is 30.7 Å². The molecule has 0 spiro atoms. The van der Waals surface area contributed by atoms with Crippen LogP contribution in [0.3, 0.4) is 0 Å². The molecule has 180 valence electrons. The van der Waals surface area contributed by atoms with Gasteiger partial charge in [-0.3, -0.25) is 0 Å². The van der Waals surface area contributed by atoms with E-state index in [1.54, 1.807) is 10.5 Å². The number of hydrogen-bond acceptors (Lipinski definition) is 3. The molecular weight excluding hydrogens is 452 g/mol. The Kier molecular flexibility index (Phi) is 8.65. The Morgan fingerprint density at radius 3 is 2.61 bits per heavy atom. The molecule has 0 radical (unpaired) electrons. The lowest BCUT2D eigenvalue weighted by molar-refractivity contribution is 0.223. The van der Waals surface area contributed by atoms with Crippen LogP contribution < -0.4 is 5.73 Å². The van der Waals surface area contributed by atoms with Crippen molar-refractivity contribution in [1.29, 1.82) is 0 Å². The molecule has 33 heavy (non-hydrogen) atoms. The first-order valence-corrected chi connectivity index (χ1v) is 14.0. The zero-order valence-corrected chi connectivity index (χ0v) is 21.6. The Labute approximate surface area is 204 Å². The van der Waals surface area contributed by atoms with Crippen molar-refractivity contribution >= 4 is 27.7 Å². The molecule has 1 aliphatic heterocycles. The van der Waals surface area contributed by atoms with Gasteiger partial charge in [0.05, 0.1) is 6.26 Å². The zero-order chi connectivity index (χ0) is 24.2. The smallest absolute Gasteiger partial charge is 0.211 e. The largest absolute Gasteiger partial charge is 0.405 e. The lowest BCUT2D eigenvalue weighted by atomic mass is 9.70.